The van der Waals surface area contributed by atoms with Gasteiger partial charge in [0.15, 0.2) is 0 Å². The average molecular weight is 372 g/mol. The maximum atomic E-state index is 11.0. The summed E-state index contributed by atoms with van der Waals surface area (Å²) in [5.74, 6) is 0.923. The van der Waals surface area contributed by atoms with Crippen LogP contribution in [0.2, 0.25) is 0 Å². The van der Waals surface area contributed by atoms with Crippen LogP contribution in [0.4, 0.5) is 0 Å². The largest absolute Gasteiger partial charge is 0.480 e. The third-order valence-electron chi connectivity index (χ3n) is 7.01. The monoisotopic (exact) mass is 371 g/mol. The fourth-order valence-electron chi connectivity index (χ4n) is 5.53. The molecule has 0 spiro atoms. The van der Waals surface area contributed by atoms with Gasteiger partial charge in [-0.1, -0.05) is 37.3 Å². The summed E-state index contributed by atoms with van der Waals surface area (Å²) < 4.78 is 0. The zero-order valence-electron chi connectivity index (χ0n) is 16.4. The highest BCUT2D eigenvalue weighted by atomic mass is 16.4. The Kier molecular flexibility index (Phi) is 5.81. The molecule has 5 heteroatoms. The van der Waals surface area contributed by atoms with Crippen molar-refractivity contribution in [1.29, 1.82) is 0 Å². The van der Waals surface area contributed by atoms with Gasteiger partial charge in [-0.25, -0.2) is 0 Å². The number of carboxylic acid groups (broad SMARTS) is 1. The standard InChI is InChI=1S/C22H33N3O2/c1-2-25(15-22(26)27)19-10-18(11-19)23-21-9-8-17-13-24(14-20(17)21)12-16-6-4-3-5-7-16/h3-7,17-21,23H,2,8-15H2,1H3,(H,26,27). The summed E-state index contributed by atoms with van der Waals surface area (Å²) in [6.45, 7) is 6.60. The molecule has 2 N–H and O–H groups in total. The van der Waals surface area contributed by atoms with Crippen LogP contribution in [-0.2, 0) is 11.3 Å². The van der Waals surface area contributed by atoms with E-state index in [1.54, 1.807) is 0 Å². The molecule has 0 bridgehead atoms. The van der Waals surface area contributed by atoms with Crippen LogP contribution in [-0.4, -0.2) is 65.2 Å². The van der Waals surface area contributed by atoms with Crippen LogP contribution >= 0.6 is 0 Å². The first-order valence-electron chi connectivity index (χ1n) is 10.6. The highest BCUT2D eigenvalue weighted by molar-refractivity contribution is 5.69. The SMILES string of the molecule is CCN(CC(=O)O)C1CC(NC2CCC3CN(Cc4ccccc4)CC32)C1. The van der Waals surface area contributed by atoms with Gasteiger partial charge in [0, 0.05) is 37.8 Å². The van der Waals surface area contributed by atoms with E-state index in [1.807, 2.05) is 0 Å². The van der Waals surface area contributed by atoms with Gasteiger partial charge in [-0.3, -0.25) is 14.6 Å². The van der Waals surface area contributed by atoms with Gasteiger partial charge in [-0.05, 0) is 49.6 Å². The van der Waals surface area contributed by atoms with E-state index in [2.05, 4.69) is 52.4 Å². The lowest BCUT2D eigenvalue weighted by molar-refractivity contribution is -0.139. The molecule has 1 saturated heterocycles. The number of likely N-dealkylation sites (N-methyl/N-ethyl adjacent to an activating group) is 1. The summed E-state index contributed by atoms with van der Waals surface area (Å²) in [4.78, 5) is 15.7. The van der Waals surface area contributed by atoms with Gasteiger partial charge in [0.2, 0.25) is 0 Å². The molecule has 27 heavy (non-hydrogen) atoms. The van der Waals surface area contributed by atoms with E-state index in [0.717, 1.165) is 37.8 Å². The molecule has 0 amide bonds. The third kappa shape index (κ3) is 4.36. The predicted octanol–water partition coefficient (Wildman–Crippen LogP) is 2.42. The van der Waals surface area contributed by atoms with E-state index in [9.17, 15) is 4.79 Å². The molecule has 148 valence electrons. The van der Waals surface area contributed by atoms with Crippen LogP contribution in [0.15, 0.2) is 30.3 Å². The van der Waals surface area contributed by atoms with Crippen LogP contribution in [0.25, 0.3) is 0 Å². The minimum Gasteiger partial charge on any atom is -0.480 e. The van der Waals surface area contributed by atoms with Crippen molar-refractivity contribution in [2.24, 2.45) is 11.8 Å². The number of aliphatic carboxylic acids is 1. The van der Waals surface area contributed by atoms with Gasteiger partial charge in [-0.15, -0.1) is 0 Å². The molecule has 0 radical (unpaired) electrons. The highest BCUT2D eigenvalue weighted by Crippen LogP contribution is 2.40. The second-order valence-electron chi connectivity index (χ2n) is 8.73. The van der Waals surface area contributed by atoms with Crippen LogP contribution in [0.3, 0.4) is 0 Å². The van der Waals surface area contributed by atoms with Crippen molar-refractivity contribution in [2.45, 2.75) is 57.3 Å². The summed E-state index contributed by atoms with van der Waals surface area (Å²) in [5.41, 5.74) is 1.42. The first-order valence-corrected chi connectivity index (χ1v) is 10.6. The highest BCUT2D eigenvalue weighted by Gasteiger charge is 2.44. The van der Waals surface area contributed by atoms with Gasteiger partial charge >= 0.3 is 5.97 Å². The number of fused-ring (bicyclic) bond motifs is 1. The zero-order valence-corrected chi connectivity index (χ0v) is 16.4. The molecular weight excluding hydrogens is 338 g/mol. The lowest BCUT2D eigenvalue weighted by Gasteiger charge is -2.44. The molecule has 1 aromatic carbocycles. The fraction of sp³-hybridized carbons (Fsp3) is 0.682. The van der Waals surface area contributed by atoms with Gasteiger partial charge in [0.05, 0.1) is 6.54 Å². The Balaban J connectivity index is 1.24. The number of rotatable bonds is 8. The Bertz CT molecular complexity index is 632. The van der Waals surface area contributed by atoms with E-state index in [-0.39, 0.29) is 6.54 Å². The zero-order chi connectivity index (χ0) is 18.8. The van der Waals surface area contributed by atoms with E-state index in [1.165, 1.54) is 31.5 Å². The molecule has 0 aromatic heterocycles. The van der Waals surface area contributed by atoms with Crippen LogP contribution in [0.5, 0.6) is 0 Å². The molecule has 3 fully saturated rings. The number of nitrogens with zero attached hydrogens (tertiary/aromatic N) is 2. The summed E-state index contributed by atoms with van der Waals surface area (Å²) in [7, 11) is 0. The van der Waals surface area contributed by atoms with Crippen molar-refractivity contribution in [3.63, 3.8) is 0 Å². The Morgan fingerprint density at radius 2 is 2.00 bits per heavy atom. The number of likely N-dealkylation sites (tertiary alicyclic amines) is 1. The smallest absolute Gasteiger partial charge is 0.317 e. The molecule has 3 unspecified atom stereocenters. The molecule has 1 aromatic rings. The molecular formula is C22H33N3O2. The molecule has 3 atom stereocenters. The van der Waals surface area contributed by atoms with Crippen molar-refractivity contribution >= 4 is 5.97 Å². The van der Waals surface area contributed by atoms with E-state index >= 15 is 0 Å². The number of carboxylic acids is 1. The van der Waals surface area contributed by atoms with Crippen molar-refractivity contribution in [3.8, 4) is 0 Å². The first-order chi connectivity index (χ1) is 13.1. The maximum Gasteiger partial charge on any atom is 0.317 e. The Hall–Kier alpha value is -1.43. The number of benzene rings is 1. The molecule has 1 heterocycles. The molecule has 3 aliphatic rings. The lowest BCUT2D eigenvalue weighted by Crippen LogP contribution is -2.56. The van der Waals surface area contributed by atoms with Gasteiger partial charge in [-0.2, -0.15) is 0 Å². The Morgan fingerprint density at radius 1 is 1.22 bits per heavy atom. The van der Waals surface area contributed by atoms with Crippen molar-refractivity contribution < 1.29 is 9.90 Å². The average Bonchev–Trinajstić information content (AvgIpc) is 3.17. The molecule has 2 aliphatic carbocycles. The van der Waals surface area contributed by atoms with Crippen LogP contribution < -0.4 is 5.32 Å². The van der Waals surface area contributed by atoms with E-state index in [0.29, 0.717) is 18.1 Å². The summed E-state index contributed by atoms with van der Waals surface area (Å²) in [6, 6.07) is 12.5. The maximum absolute atomic E-state index is 11.0. The quantitative estimate of drug-likeness (QED) is 0.735. The summed E-state index contributed by atoms with van der Waals surface area (Å²) in [5, 5.41) is 13.0. The van der Waals surface area contributed by atoms with E-state index < -0.39 is 5.97 Å². The summed E-state index contributed by atoms with van der Waals surface area (Å²) >= 11 is 0. The third-order valence-corrected chi connectivity index (χ3v) is 7.01. The van der Waals surface area contributed by atoms with Gasteiger partial charge in [0.1, 0.15) is 0 Å². The molecule has 2 saturated carbocycles. The van der Waals surface area contributed by atoms with Gasteiger partial charge < -0.3 is 10.4 Å². The minimum atomic E-state index is -0.712. The first kappa shape index (κ1) is 18.9. The minimum absolute atomic E-state index is 0.177. The predicted molar refractivity (Wildman–Crippen MR) is 107 cm³/mol. The number of carbonyl (C=O) groups is 1. The second-order valence-corrected chi connectivity index (χ2v) is 8.73. The Labute approximate surface area is 162 Å². The number of nitrogens with one attached hydrogen (secondary N) is 1. The van der Waals surface area contributed by atoms with Crippen LogP contribution in [0, 0.1) is 11.8 Å². The normalized spacial score (nSPS) is 33.2. The number of hydrogen-bond acceptors (Lipinski definition) is 4. The Morgan fingerprint density at radius 3 is 2.70 bits per heavy atom. The van der Waals surface area contributed by atoms with Crippen molar-refractivity contribution in [3.05, 3.63) is 35.9 Å². The molecule has 5 nitrogen and oxygen atoms in total. The molecule has 1 aliphatic heterocycles. The second kappa shape index (κ2) is 8.29. The lowest BCUT2D eigenvalue weighted by atomic mass is 9.84. The molecule has 4 rings (SSSR count). The van der Waals surface area contributed by atoms with Crippen molar-refractivity contribution in [1.82, 2.24) is 15.1 Å². The van der Waals surface area contributed by atoms with Crippen molar-refractivity contribution in [2.75, 3.05) is 26.2 Å². The van der Waals surface area contributed by atoms with Crippen LogP contribution in [0.1, 0.15) is 38.2 Å². The van der Waals surface area contributed by atoms with Gasteiger partial charge in [0.25, 0.3) is 0 Å². The van der Waals surface area contributed by atoms with E-state index in [4.69, 9.17) is 5.11 Å². The fourth-order valence-corrected chi connectivity index (χ4v) is 5.53. The summed E-state index contributed by atoms with van der Waals surface area (Å²) in [6.07, 6.45) is 4.86. The number of hydrogen-bond donors (Lipinski definition) is 2. The topological polar surface area (TPSA) is 55.8 Å².